The van der Waals surface area contributed by atoms with Crippen molar-refractivity contribution in [2.24, 2.45) is 0 Å². The van der Waals surface area contributed by atoms with E-state index in [1.54, 1.807) is 13.0 Å². The van der Waals surface area contributed by atoms with Crippen molar-refractivity contribution in [3.8, 4) is 0 Å². The highest BCUT2D eigenvalue weighted by molar-refractivity contribution is 5.29. The first-order valence-corrected chi connectivity index (χ1v) is 4.78. The molecule has 0 unspecified atom stereocenters. The molecule has 0 aliphatic heterocycles. The lowest BCUT2D eigenvalue weighted by molar-refractivity contribution is -0.265. The molecule has 1 nitrogen and oxygen atoms in total. The van der Waals surface area contributed by atoms with Crippen LogP contribution in [-0.4, -0.2) is 11.3 Å². The van der Waals surface area contributed by atoms with Gasteiger partial charge in [0, 0.05) is 6.42 Å². The Morgan fingerprint density at radius 2 is 2.00 bits per heavy atom. The van der Waals surface area contributed by atoms with Crippen LogP contribution in [0.4, 0.5) is 13.2 Å². The molecule has 0 aromatic heterocycles. The molecule has 16 heavy (non-hydrogen) atoms. The molecule has 88 valence electrons. The molecule has 4 heteroatoms. The van der Waals surface area contributed by atoms with E-state index < -0.39 is 18.2 Å². The molecule has 1 atom stereocenters. The van der Waals surface area contributed by atoms with Crippen LogP contribution in [0.25, 0.3) is 0 Å². The van der Waals surface area contributed by atoms with Gasteiger partial charge in [0.1, 0.15) is 0 Å². The second-order valence-electron chi connectivity index (χ2n) is 3.72. The number of aryl methyl sites for hydroxylation is 1. The Bertz CT molecular complexity index is 384. The van der Waals surface area contributed by atoms with Gasteiger partial charge < -0.3 is 5.11 Å². The summed E-state index contributed by atoms with van der Waals surface area (Å²) in [6, 6.07) is 5.76. The van der Waals surface area contributed by atoms with Gasteiger partial charge in [-0.05, 0) is 12.5 Å². The molecule has 0 aliphatic carbocycles. The molecular formula is C12H13F3O. The van der Waals surface area contributed by atoms with Gasteiger partial charge in [0.15, 0.2) is 5.60 Å². The predicted octanol–water partition coefficient (Wildman–Crippen LogP) is 3.32. The Labute approximate surface area is 92.2 Å². The maximum atomic E-state index is 12.8. The molecule has 0 saturated carbocycles. The number of aliphatic hydroxyl groups is 1. The molecule has 0 fully saturated rings. The summed E-state index contributed by atoms with van der Waals surface area (Å²) in [5.41, 5.74) is -2.33. The van der Waals surface area contributed by atoms with Gasteiger partial charge in [0.25, 0.3) is 0 Å². The largest absolute Gasteiger partial charge is 0.421 e. The van der Waals surface area contributed by atoms with Crippen molar-refractivity contribution in [1.29, 1.82) is 0 Å². The number of hydrogen-bond acceptors (Lipinski definition) is 1. The number of rotatable bonds is 3. The van der Waals surface area contributed by atoms with Gasteiger partial charge in [-0.25, -0.2) is 0 Å². The molecule has 0 saturated heterocycles. The monoisotopic (exact) mass is 230 g/mol. The van der Waals surface area contributed by atoms with E-state index in [4.69, 9.17) is 0 Å². The van der Waals surface area contributed by atoms with Gasteiger partial charge in [-0.3, -0.25) is 0 Å². The molecule has 1 rings (SSSR count). The summed E-state index contributed by atoms with van der Waals surface area (Å²) >= 11 is 0. The number of alkyl halides is 3. The summed E-state index contributed by atoms with van der Waals surface area (Å²) in [5.74, 6) is 0. The highest BCUT2D eigenvalue weighted by Gasteiger charge is 2.53. The second-order valence-corrected chi connectivity index (χ2v) is 3.72. The van der Waals surface area contributed by atoms with Crippen LogP contribution >= 0.6 is 0 Å². The molecule has 0 heterocycles. The zero-order chi connectivity index (χ0) is 12.4. The molecule has 0 aliphatic rings. The molecule has 1 aromatic rings. The maximum absolute atomic E-state index is 12.8. The van der Waals surface area contributed by atoms with Crippen LogP contribution in [0.1, 0.15) is 17.5 Å². The van der Waals surface area contributed by atoms with Crippen LogP contribution < -0.4 is 0 Å². The minimum atomic E-state index is -4.71. The third-order valence-corrected chi connectivity index (χ3v) is 2.40. The molecule has 0 radical (unpaired) electrons. The normalized spacial score (nSPS) is 15.6. The standard InChI is InChI=1S/C12H13F3O/c1-3-7-11(16,12(13,14)15)10-6-4-5-9(2)8-10/h3-6,8,16H,1,7H2,2H3/t11-/m1/s1. The molecule has 0 amide bonds. The number of hydrogen-bond donors (Lipinski definition) is 1. The Hall–Kier alpha value is -1.29. The number of halogens is 3. The van der Waals surface area contributed by atoms with Crippen molar-refractivity contribution >= 4 is 0 Å². The zero-order valence-corrected chi connectivity index (χ0v) is 8.88. The first kappa shape index (κ1) is 12.8. The predicted molar refractivity (Wildman–Crippen MR) is 55.9 cm³/mol. The van der Waals surface area contributed by atoms with Gasteiger partial charge in [-0.1, -0.05) is 35.9 Å². The second kappa shape index (κ2) is 4.29. The lowest BCUT2D eigenvalue weighted by atomic mass is 9.89. The maximum Gasteiger partial charge on any atom is 0.421 e. The summed E-state index contributed by atoms with van der Waals surface area (Å²) in [6.07, 6.45) is -4.20. The lowest BCUT2D eigenvalue weighted by Gasteiger charge is -2.30. The van der Waals surface area contributed by atoms with E-state index in [9.17, 15) is 18.3 Å². The van der Waals surface area contributed by atoms with Gasteiger partial charge in [0.2, 0.25) is 0 Å². The molecule has 1 N–H and O–H groups in total. The highest BCUT2D eigenvalue weighted by Crippen LogP contribution is 2.41. The minimum absolute atomic E-state index is 0.153. The molecular weight excluding hydrogens is 217 g/mol. The lowest BCUT2D eigenvalue weighted by Crippen LogP contribution is -2.41. The van der Waals surface area contributed by atoms with Crippen LogP contribution in [0.5, 0.6) is 0 Å². The fraction of sp³-hybridized carbons (Fsp3) is 0.333. The van der Waals surface area contributed by atoms with Crippen molar-refractivity contribution in [3.05, 3.63) is 48.0 Å². The van der Waals surface area contributed by atoms with Crippen LogP contribution in [0.2, 0.25) is 0 Å². The fourth-order valence-corrected chi connectivity index (χ4v) is 1.51. The quantitative estimate of drug-likeness (QED) is 0.790. The Kier molecular flexibility index (Phi) is 3.43. The summed E-state index contributed by atoms with van der Waals surface area (Å²) in [6.45, 7) is 4.92. The van der Waals surface area contributed by atoms with Crippen LogP contribution in [-0.2, 0) is 5.60 Å². The van der Waals surface area contributed by atoms with Crippen molar-refractivity contribution < 1.29 is 18.3 Å². The number of benzene rings is 1. The van der Waals surface area contributed by atoms with Gasteiger partial charge in [-0.2, -0.15) is 13.2 Å². The van der Waals surface area contributed by atoms with Crippen molar-refractivity contribution in [1.82, 2.24) is 0 Å². The van der Waals surface area contributed by atoms with E-state index in [0.717, 1.165) is 6.08 Å². The third-order valence-electron chi connectivity index (χ3n) is 2.40. The first-order valence-electron chi connectivity index (χ1n) is 4.78. The Morgan fingerprint density at radius 3 is 2.44 bits per heavy atom. The molecule has 1 aromatic carbocycles. The third kappa shape index (κ3) is 2.27. The van der Waals surface area contributed by atoms with Crippen LogP contribution in [0, 0.1) is 6.92 Å². The fourth-order valence-electron chi connectivity index (χ4n) is 1.51. The van der Waals surface area contributed by atoms with Gasteiger partial charge in [-0.15, -0.1) is 6.58 Å². The van der Waals surface area contributed by atoms with E-state index in [0.29, 0.717) is 5.56 Å². The van der Waals surface area contributed by atoms with Crippen molar-refractivity contribution in [2.45, 2.75) is 25.1 Å². The molecule has 0 bridgehead atoms. The Morgan fingerprint density at radius 1 is 1.38 bits per heavy atom. The van der Waals surface area contributed by atoms with E-state index in [1.807, 2.05) is 0 Å². The SMILES string of the molecule is C=CC[C@@](O)(c1cccc(C)c1)C(F)(F)F. The summed E-state index contributed by atoms with van der Waals surface area (Å²) in [5, 5.41) is 9.75. The average molecular weight is 230 g/mol. The van der Waals surface area contributed by atoms with Crippen LogP contribution in [0.3, 0.4) is 0 Å². The summed E-state index contributed by atoms with van der Waals surface area (Å²) in [7, 11) is 0. The van der Waals surface area contributed by atoms with Gasteiger partial charge >= 0.3 is 6.18 Å². The van der Waals surface area contributed by atoms with E-state index >= 15 is 0 Å². The van der Waals surface area contributed by atoms with Crippen molar-refractivity contribution in [3.63, 3.8) is 0 Å². The topological polar surface area (TPSA) is 20.2 Å². The minimum Gasteiger partial charge on any atom is -0.376 e. The first-order chi connectivity index (χ1) is 7.31. The van der Waals surface area contributed by atoms with E-state index in [1.165, 1.54) is 18.2 Å². The summed E-state index contributed by atoms with van der Waals surface area (Å²) < 4.78 is 38.4. The highest BCUT2D eigenvalue weighted by atomic mass is 19.4. The van der Waals surface area contributed by atoms with Gasteiger partial charge in [0.05, 0.1) is 0 Å². The van der Waals surface area contributed by atoms with Crippen molar-refractivity contribution in [2.75, 3.05) is 0 Å². The van der Waals surface area contributed by atoms with E-state index in [2.05, 4.69) is 6.58 Å². The van der Waals surface area contributed by atoms with Crippen LogP contribution in [0.15, 0.2) is 36.9 Å². The Balaban J connectivity index is 3.27. The average Bonchev–Trinajstić information content (AvgIpc) is 2.16. The molecule has 0 spiro atoms. The smallest absolute Gasteiger partial charge is 0.376 e. The zero-order valence-electron chi connectivity index (χ0n) is 8.88. The summed E-state index contributed by atoms with van der Waals surface area (Å²) in [4.78, 5) is 0. The van der Waals surface area contributed by atoms with E-state index in [-0.39, 0.29) is 5.56 Å².